The van der Waals surface area contributed by atoms with Crippen molar-refractivity contribution < 1.29 is 4.74 Å². The largest absolute Gasteiger partial charge is 0.386 e. The van der Waals surface area contributed by atoms with Crippen molar-refractivity contribution in [2.45, 2.75) is 23.8 Å². The zero-order chi connectivity index (χ0) is 17.2. The van der Waals surface area contributed by atoms with E-state index >= 15 is 0 Å². The van der Waals surface area contributed by atoms with Gasteiger partial charge in [0.05, 0.1) is 18.7 Å². The first-order chi connectivity index (χ1) is 11.5. The van der Waals surface area contributed by atoms with Crippen LogP contribution in [0.4, 0.5) is 0 Å². The molecule has 0 unspecified atom stereocenters. The summed E-state index contributed by atoms with van der Waals surface area (Å²) in [5, 5.41) is 19.9. The number of hydrogen-bond donors (Lipinski definition) is 1. The summed E-state index contributed by atoms with van der Waals surface area (Å²) in [5.74, 6) is 0.931. The summed E-state index contributed by atoms with van der Waals surface area (Å²) in [4.78, 5) is 4.49. The third kappa shape index (κ3) is 1.26. The third-order valence-electron chi connectivity index (χ3n) is 5.79. The fourth-order valence-corrected chi connectivity index (χ4v) is 6.43. The normalized spacial score (nSPS) is 42.2. The molecule has 1 saturated heterocycles. The highest BCUT2D eigenvalue weighted by atomic mass is 35.5. The van der Waals surface area contributed by atoms with Gasteiger partial charge in [-0.1, -0.05) is 42.4 Å². The topological polar surface area (TPSA) is 95.2 Å². The first kappa shape index (κ1) is 15.8. The van der Waals surface area contributed by atoms with Crippen molar-refractivity contribution in [1.29, 1.82) is 10.5 Å². The molecule has 0 aromatic heterocycles. The molecule has 1 spiro atoms. The van der Waals surface area contributed by atoms with Crippen LogP contribution in [0, 0.1) is 33.5 Å². The van der Waals surface area contributed by atoms with E-state index in [9.17, 15) is 10.5 Å². The van der Waals surface area contributed by atoms with E-state index in [1.165, 1.54) is 11.8 Å². The van der Waals surface area contributed by atoms with Crippen molar-refractivity contribution in [3.8, 4) is 12.1 Å². The summed E-state index contributed by atoms with van der Waals surface area (Å²) < 4.78 is 5.95. The number of nitriles is 2. The standard InChI is InChI=1S/C17H15ClN4OS/c1-2-14(11-3-5-12(18)6-4-11)15(9-19)13(21)22-17(16(14,15)10-20)23-7-8-24-17/h3-6H,2,7-8H2,1H3,(H2,21,22)/t14-,15+,16-,17-/m1/s1. The van der Waals surface area contributed by atoms with Gasteiger partial charge in [-0.05, 0) is 24.1 Å². The number of halogens is 1. The summed E-state index contributed by atoms with van der Waals surface area (Å²) >= 11 is 7.49. The highest BCUT2D eigenvalue weighted by molar-refractivity contribution is 8.00. The van der Waals surface area contributed by atoms with Gasteiger partial charge in [0, 0.05) is 16.2 Å². The lowest BCUT2D eigenvalue weighted by Gasteiger charge is -2.31. The SMILES string of the molecule is CC[C@@]1(c2ccc(Cl)cc2)[C@]2(C#N)C(N)=N[C@@]3(OCCS3)[C@@]21C#N. The maximum atomic E-state index is 10.2. The van der Waals surface area contributed by atoms with Crippen LogP contribution >= 0.6 is 23.4 Å². The zero-order valence-electron chi connectivity index (χ0n) is 13.0. The minimum absolute atomic E-state index is 0.206. The summed E-state index contributed by atoms with van der Waals surface area (Å²) in [6, 6.07) is 12.1. The van der Waals surface area contributed by atoms with Gasteiger partial charge >= 0.3 is 0 Å². The Bertz CT molecular complexity index is 836. The number of ether oxygens (including phenoxy) is 1. The van der Waals surface area contributed by atoms with Crippen LogP contribution in [0.15, 0.2) is 29.3 Å². The number of nitrogens with two attached hydrogens (primary N) is 1. The van der Waals surface area contributed by atoms with Crippen LogP contribution < -0.4 is 5.73 Å². The predicted molar refractivity (Wildman–Crippen MR) is 92.3 cm³/mol. The van der Waals surface area contributed by atoms with Gasteiger partial charge in [0.1, 0.15) is 5.84 Å². The van der Waals surface area contributed by atoms with Crippen LogP contribution in [0.25, 0.3) is 0 Å². The molecular weight excluding hydrogens is 344 g/mol. The first-order valence-corrected chi connectivity index (χ1v) is 9.10. The minimum atomic E-state index is -1.17. The molecule has 122 valence electrons. The highest BCUT2D eigenvalue weighted by Gasteiger charge is 3.00. The molecule has 4 rings (SSSR count). The molecular formula is C17H15ClN4OS. The van der Waals surface area contributed by atoms with Crippen molar-refractivity contribution in [3.63, 3.8) is 0 Å². The molecule has 2 N–H and O–H groups in total. The quantitative estimate of drug-likeness (QED) is 0.877. The van der Waals surface area contributed by atoms with Gasteiger partial charge in [0.15, 0.2) is 10.8 Å². The van der Waals surface area contributed by atoms with Crippen molar-refractivity contribution in [2.75, 3.05) is 12.4 Å². The van der Waals surface area contributed by atoms with E-state index in [0.717, 1.165) is 11.3 Å². The van der Waals surface area contributed by atoms with Crippen LogP contribution in [-0.4, -0.2) is 23.3 Å². The highest BCUT2D eigenvalue weighted by Crippen LogP contribution is 2.88. The summed E-state index contributed by atoms with van der Waals surface area (Å²) in [6.07, 6.45) is 0.581. The van der Waals surface area contributed by atoms with Crippen molar-refractivity contribution in [3.05, 3.63) is 34.9 Å². The van der Waals surface area contributed by atoms with E-state index in [4.69, 9.17) is 22.1 Å². The van der Waals surface area contributed by atoms with Gasteiger partial charge in [-0.25, -0.2) is 4.99 Å². The monoisotopic (exact) mass is 358 g/mol. The van der Waals surface area contributed by atoms with Crippen LogP contribution in [0.3, 0.4) is 0 Å². The number of aliphatic imine (C=N–C) groups is 1. The minimum Gasteiger partial charge on any atom is -0.386 e. The maximum absolute atomic E-state index is 10.2. The molecule has 0 bridgehead atoms. The Kier molecular flexibility index (Phi) is 3.07. The van der Waals surface area contributed by atoms with E-state index in [0.29, 0.717) is 18.1 Å². The van der Waals surface area contributed by atoms with Crippen molar-refractivity contribution in [1.82, 2.24) is 0 Å². The van der Waals surface area contributed by atoms with Gasteiger partial charge in [0.25, 0.3) is 0 Å². The number of rotatable bonds is 2. The molecule has 24 heavy (non-hydrogen) atoms. The second kappa shape index (κ2) is 4.67. The number of thioether (sulfide) groups is 1. The Balaban J connectivity index is 2.03. The van der Waals surface area contributed by atoms with Gasteiger partial charge in [-0.3, -0.25) is 0 Å². The molecule has 1 saturated carbocycles. The Hall–Kier alpha value is -1.73. The summed E-state index contributed by atoms with van der Waals surface area (Å²) in [7, 11) is 0. The molecule has 1 aliphatic carbocycles. The fourth-order valence-electron chi connectivity index (χ4n) is 4.94. The van der Waals surface area contributed by atoms with Crippen molar-refractivity contribution in [2.24, 2.45) is 21.6 Å². The van der Waals surface area contributed by atoms with Crippen LogP contribution in [0.2, 0.25) is 5.02 Å². The molecule has 2 aliphatic heterocycles. The van der Waals surface area contributed by atoms with E-state index in [1.54, 1.807) is 12.1 Å². The number of hydrogen-bond acceptors (Lipinski definition) is 6. The Morgan fingerprint density at radius 2 is 2.04 bits per heavy atom. The molecule has 4 atom stereocenters. The van der Waals surface area contributed by atoms with Crippen molar-refractivity contribution >= 4 is 29.2 Å². The number of nitrogens with zero attached hydrogens (tertiary/aromatic N) is 3. The van der Waals surface area contributed by atoms with Crippen LogP contribution in [-0.2, 0) is 10.2 Å². The Labute approximate surface area is 149 Å². The molecule has 5 nitrogen and oxygen atoms in total. The molecule has 0 amide bonds. The number of fused-ring (bicyclic) bond motifs is 2. The summed E-state index contributed by atoms with van der Waals surface area (Å²) in [5.41, 5.74) is 4.08. The van der Waals surface area contributed by atoms with E-state index in [-0.39, 0.29) is 5.84 Å². The molecule has 2 heterocycles. The predicted octanol–water partition coefficient (Wildman–Crippen LogP) is 2.81. The Morgan fingerprint density at radius 1 is 1.33 bits per heavy atom. The zero-order valence-corrected chi connectivity index (χ0v) is 14.6. The molecule has 3 aliphatic rings. The van der Waals surface area contributed by atoms with Gasteiger partial charge in [-0.15, -0.1) is 0 Å². The lowest BCUT2D eigenvalue weighted by molar-refractivity contribution is 0.0137. The molecule has 2 fully saturated rings. The first-order valence-electron chi connectivity index (χ1n) is 7.74. The molecule has 1 aromatic carbocycles. The van der Waals surface area contributed by atoms with Gasteiger partial charge in [0.2, 0.25) is 5.06 Å². The summed E-state index contributed by atoms with van der Waals surface area (Å²) in [6.45, 7) is 2.47. The van der Waals surface area contributed by atoms with Crippen LogP contribution in [0.1, 0.15) is 18.9 Å². The molecule has 0 radical (unpaired) electrons. The average Bonchev–Trinajstić information content (AvgIpc) is 2.81. The lowest BCUT2D eigenvalue weighted by Crippen LogP contribution is -2.39. The van der Waals surface area contributed by atoms with E-state index in [1.807, 2.05) is 19.1 Å². The second-order valence-corrected chi connectivity index (χ2v) is 7.95. The fraction of sp³-hybridized carbons (Fsp3) is 0.471. The molecule has 7 heteroatoms. The van der Waals surface area contributed by atoms with E-state index < -0.39 is 21.3 Å². The smallest absolute Gasteiger partial charge is 0.231 e. The third-order valence-corrected chi connectivity index (χ3v) is 7.32. The number of benzene rings is 1. The average molecular weight is 359 g/mol. The number of amidine groups is 1. The second-order valence-electron chi connectivity index (χ2n) is 6.27. The maximum Gasteiger partial charge on any atom is 0.231 e. The van der Waals surface area contributed by atoms with Gasteiger partial charge < -0.3 is 10.5 Å². The lowest BCUT2D eigenvalue weighted by atomic mass is 9.81. The molecule has 1 aromatic rings. The van der Waals surface area contributed by atoms with Gasteiger partial charge in [-0.2, -0.15) is 10.5 Å². The Morgan fingerprint density at radius 3 is 2.54 bits per heavy atom. The van der Waals surface area contributed by atoms with E-state index in [2.05, 4.69) is 17.1 Å². The van der Waals surface area contributed by atoms with Crippen LogP contribution in [0.5, 0.6) is 0 Å².